The first-order chi connectivity index (χ1) is 16.2. The Morgan fingerprint density at radius 2 is 1.24 bits per heavy atom. The second-order valence-corrected chi connectivity index (χ2v) is 8.66. The zero-order valence-corrected chi connectivity index (χ0v) is 20.0. The van der Waals surface area contributed by atoms with Gasteiger partial charge in [-0.05, 0) is 87.7 Å². The van der Waals surface area contributed by atoms with E-state index < -0.39 is 0 Å². The van der Waals surface area contributed by atoms with Gasteiger partial charge in [0.05, 0.1) is 11.4 Å². The van der Waals surface area contributed by atoms with E-state index in [0.29, 0.717) is 11.5 Å². The summed E-state index contributed by atoms with van der Waals surface area (Å²) in [4.78, 5) is 1.99. The Hall–Kier alpha value is -4.12. The van der Waals surface area contributed by atoms with E-state index in [1.54, 1.807) is 12.1 Å². The van der Waals surface area contributed by atoms with Crippen LogP contribution in [0.15, 0.2) is 66.7 Å². The van der Waals surface area contributed by atoms with E-state index in [2.05, 4.69) is 0 Å². The molecule has 5 nitrogen and oxygen atoms in total. The summed E-state index contributed by atoms with van der Waals surface area (Å²) in [7, 11) is 0. The molecule has 3 N–H and O–H groups in total. The lowest BCUT2D eigenvalue weighted by Crippen LogP contribution is -2.13. The van der Waals surface area contributed by atoms with Crippen LogP contribution >= 0.6 is 0 Å². The summed E-state index contributed by atoms with van der Waals surface area (Å²) in [5, 5.41) is 31.6. The third-order valence-corrected chi connectivity index (χ3v) is 6.11. The van der Waals surface area contributed by atoms with Gasteiger partial charge in [-0.3, -0.25) is 0 Å². The van der Waals surface area contributed by atoms with E-state index in [0.717, 1.165) is 44.9 Å². The molecule has 0 unspecified atom stereocenters. The highest BCUT2D eigenvalue weighted by atomic mass is 16.5. The molecule has 0 bridgehead atoms. The standard InChI is InChI=1S/C29H29NO4/c1-17-9-14-27(26(31)15-17)34-23-8-6-7-22(16-23)30(24-12-10-18(2)28(32)20(24)4)25-13-11-19(3)29(33)21(25)5/h6-16,31-33H,1-5H3. The third kappa shape index (κ3) is 4.25. The van der Waals surface area contributed by atoms with Crippen LogP contribution in [0.3, 0.4) is 0 Å². The topological polar surface area (TPSA) is 73.2 Å². The monoisotopic (exact) mass is 455 g/mol. The molecule has 0 saturated carbocycles. The van der Waals surface area contributed by atoms with Crippen LogP contribution < -0.4 is 9.64 Å². The summed E-state index contributed by atoms with van der Waals surface area (Å²) in [5.41, 5.74) is 6.31. The molecule has 0 amide bonds. The molecule has 0 aliphatic heterocycles. The van der Waals surface area contributed by atoms with Gasteiger partial charge < -0.3 is 25.0 Å². The first-order valence-corrected chi connectivity index (χ1v) is 11.1. The molecule has 0 aromatic heterocycles. The maximum Gasteiger partial charge on any atom is 0.169 e. The van der Waals surface area contributed by atoms with E-state index in [1.165, 1.54) is 0 Å². The summed E-state index contributed by atoms with van der Waals surface area (Å²) in [6.45, 7) is 9.38. The molecule has 0 radical (unpaired) electrons. The number of phenolic OH excluding ortho intramolecular Hbond substituents is 3. The van der Waals surface area contributed by atoms with E-state index in [1.807, 2.05) is 94.1 Å². The molecule has 34 heavy (non-hydrogen) atoms. The SMILES string of the molecule is Cc1ccc(Oc2cccc(N(c3ccc(C)c(O)c3C)c3ccc(C)c(O)c3C)c2)c(O)c1. The van der Waals surface area contributed by atoms with Crippen LogP contribution in [0.25, 0.3) is 0 Å². The summed E-state index contributed by atoms with van der Waals surface area (Å²) < 4.78 is 6.00. The quantitative estimate of drug-likeness (QED) is 0.289. The number of hydrogen-bond donors (Lipinski definition) is 3. The third-order valence-electron chi connectivity index (χ3n) is 6.11. The van der Waals surface area contributed by atoms with Crippen molar-refractivity contribution >= 4 is 17.1 Å². The maximum absolute atomic E-state index is 10.7. The van der Waals surface area contributed by atoms with Gasteiger partial charge in [0.15, 0.2) is 11.5 Å². The molecule has 0 spiro atoms. The van der Waals surface area contributed by atoms with Crippen LogP contribution in [0.1, 0.15) is 27.8 Å². The van der Waals surface area contributed by atoms with Gasteiger partial charge in [-0.2, -0.15) is 0 Å². The van der Waals surface area contributed by atoms with Gasteiger partial charge in [-0.1, -0.05) is 24.3 Å². The van der Waals surface area contributed by atoms with Crippen molar-refractivity contribution in [2.45, 2.75) is 34.6 Å². The minimum absolute atomic E-state index is 0.0702. The Kier molecular flexibility index (Phi) is 6.12. The summed E-state index contributed by atoms with van der Waals surface area (Å²) in [6, 6.07) is 20.4. The number of phenols is 3. The highest BCUT2D eigenvalue weighted by molar-refractivity contribution is 5.83. The molecule has 5 heteroatoms. The van der Waals surface area contributed by atoms with Crippen LogP contribution in [0.2, 0.25) is 0 Å². The van der Waals surface area contributed by atoms with Gasteiger partial charge in [0.1, 0.15) is 17.2 Å². The minimum Gasteiger partial charge on any atom is -0.507 e. The van der Waals surface area contributed by atoms with Crippen molar-refractivity contribution in [3.63, 3.8) is 0 Å². The molecule has 174 valence electrons. The number of rotatable bonds is 5. The van der Waals surface area contributed by atoms with Crippen molar-refractivity contribution in [2.24, 2.45) is 0 Å². The molecule has 4 rings (SSSR count). The van der Waals surface area contributed by atoms with E-state index >= 15 is 0 Å². The predicted molar refractivity (Wildman–Crippen MR) is 136 cm³/mol. The van der Waals surface area contributed by atoms with Crippen molar-refractivity contribution in [2.75, 3.05) is 4.90 Å². The molecule has 0 fully saturated rings. The molecule has 0 atom stereocenters. The Balaban J connectivity index is 1.87. The van der Waals surface area contributed by atoms with E-state index in [9.17, 15) is 15.3 Å². The Morgan fingerprint density at radius 3 is 1.79 bits per heavy atom. The summed E-state index contributed by atoms with van der Waals surface area (Å²) >= 11 is 0. The second kappa shape index (κ2) is 9.02. The van der Waals surface area contributed by atoms with Crippen molar-refractivity contribution in [1.82, 2.24) is 0 Å². The number of benzene rings is 4. The first kappa shape index (κ1) is 23.1. The number of aryl methyl sites for hydroxylation is 3. The molecular formula is C29H29NO4. The zero-order chi connectivity index (χ0) is 24.6. The largest absolute Gasteiger partial charge is 0.507 e. The molecule has 0 saturated heterocycles. The average molecular weight is 456 g/mol. The lowest BCUT2D eigenvalue weighted by Gasteiger charge is -2.29. The highest BCUT2D eigenvalue weighted by Crippen LogP contribution is 2.44. The molecule has 0 heterocycles. The fourth-order valence-electron chi connectivity index (χ4n) is 4.07. The Morgan fingerprint density at radius 1 is 0.647 bits per heavy atom. The fraction of sp³-hybridized carbons (Fsp3) is 0.172. The van der Waals surface area contributed by atoms with Crippen LogP contribution in [0.4, 0.5) is 17.1 Å². The predicted octanol–water partition coefficient (Wildman–Crippen LogP) is 7.61. The van der Waals surface area contributed by atoms with Gasteiger partial charge in [0.2, 0.25) is 0 Å². The zero-order valence-electron chi connectivity index (χ0n) is 20.0. The Labute approximate surface area is 200 Å². The number of anilines is 3. The average Bonchev–Trinajstić information content (AvgIpc) is 2.81. The van der Waals surface area contributed by atoms with Crippen LogP contribution in [-0.2, 0) is 0 Å². The lowest BCUT2D eigenvalue weighted by atomic mass is 10.0. The summed E-state index contributed by atoms with van der Waals surface area (Å²) in [5.74, 6) is 1.44. The van der Waals surface area contributed by atoms with Crippen LogP contribution in [-0.4, -0.2) is 15.3 Å². The Bertz CT molecular complexity index is 1320. The van der Waals surface area contributed by atoms with Crippen LogP contribution in [0, 0.1) is 34.6 Å². The number of hydrogen-bond acceptors (Lipinski definition) is 5. The maximum atomic E-state index is 10.7. The van der Waals surface area contributed by atoms with Gasteiger partial charge >= 0.3 is 0 Å². The van der Waals surface area contributed by atoms with E-state index in [4.69, 9.17) is 4.74 Å². The van der Waals surface area contributed by atoms with Crippen molar-refractivity contribution in [3.05, 3.63) is 94.5 Å². The minimum atomic E-state index is 0.0702. The smallest absolute Gasteiger partial charge is 0.169 e. The fourth-order valence-corrected chi connectivity index (χ4v) is 4.07. The number of nitrogens with zero attached hydrogens (tertiary/aromatic N) is 1. The number of aromatic hydroxyl groups is 3. The second-order valence-electron chi connectivity index (χ2n) is 8.66. The first-order valence-electron chi connectivity index (χ1n) is 11.1. The molecule has 4 aromatic carbocycles. The molecular weight excluding hydrogens is 426 g/mol. The van der Waals surface area contributed by atoms with Gasteiger partial charge in [0.25, 0.3) is 0 Å². The van der Waals surface area contributed by atoms with Gasteiger partial charge in [0, 0.05) is 22.9 Å². The molecule has 0 aliphatic carbocycles. The molecule has 0 aliphatic rings. The van der Waals surface area contributed by atoms with Gasteiger partial charge in [-0.15, -0.1) is 0 Å². The van der Waals surface area contributed by atoms with Crippen LogP contribution in [0.5, 0.6) is 28.7 Å². The van der Waals surface area contributed by atoms with Crippen molar-refractivity contribution in [3.8, 4) is 28.7 Å². The van der Waals surface area contributed by atoms with Crippen molar-refractivity contribution in [1.29, 1.82) is 0 Å². The van der Waals surface area contributed by atoms with E-state index in [-0.39, 0.29) is 17.2 Å². The highest BCUT2D eigenvalue weighted by Gasteiger charge is 2.21. The lowest BCUT2D eigenvalue weighted by molar-refractivity contribution is 0.411. The summed E-state index contributed by atoms with van der Waals surface area (Å²) in [6.07, 6.45) is 0. The van der Waals surface area contributed by atoms with Gasteiger partial charge in [-0.25, -0.2) is 0 Å². The normalized spacial score (nSPS) is 10.9. The number of ether oxygens (including phenoxy) is 1. The molecule has 4 aromatic rings. The van der Waals surface area contributed by atoms with Crippen molar-refractivity contribution < 1.29 is 20.1 Å².